The molecule has 2 heterocycles. The topological polar surface area (TPSA) is 62.3 Å². The number of thiazole rings is 1. The van der Waals surface area contributed by atoms with E-state index in [1.54, 1.807) is 11.8 Å². The Balaban J connectivity index is 1.33. The molecule has 41 heavy (non-hydrogen) atoms. The van der Waals surface area contributed by atoms with Gasteiger partial charge < -0.3 is 10.2 Å². The van der Waals surface area contributed by atoms with Crippen molar-refractivity contribution in [1.29, 1.82) is 0 Å². The number of nitrogens with zero attached hydrogens (tertiary/aromatic N) is 2. The summed E-state index contributed by atoms with van der Waals surface area (Å²) < 4.78 is 38.9. The fourth-order valence-corrected chi connectivity index (χ4v) is 6.36. The van der Waals surface area contributed by atoms with Crippen LogP contribution in [-0.2, 0) is 16.4 Å². The van der Waals surface area contributed by atoms with Gasteiger partial charge in [-0.3, -0.25) is 9.59 Å². The van der Waals surface area contributed by atoms with Crippen LogP contribution < -0.4 is 5.32 Å². The van der Waals surface area contributed by atoms with Gasteiger partial charge in [0, 0.05) is 18.7 Å². The lowest BCUT2D eigenvalue weighted by Crippen LogP contribution is -2.53. The number of amides is 2. The van der Waals surface area contributed by atoms with Gasteiger partial charge in [0.25, 0.3) is 5.91 Å². The van der Waals surface area contributed by atoms with E-state index in [-0.39, 0.29) is 17.9 Å². The minimum atomic E-state index is -4.42. The summed E-state index contributed by atoms with van der Waals surface area (Å²) >= 11 is 1.17. The Morgan fingerprint density at radius 3 is 2.10 bits per heavy atom. The summed E-state index contributed by atoms with van der Waals surface area (Å²) in [6, 6.07) is 24.1. The highest BCUT2D eigenvalue weighted by molar-refractivity contribution is 7.17. The van der Waals surface area contributed by atoms with Crippen LogP contribution in [0.2, 0.25) is 0 Å². The number of aromatic nitrogens is 1. The highest BCUT2D eigenvalue weighted by Gasteiger charge is 2.44. The first-order chi connectivity index (χ1) is 19.6. The number of halogens is 3. The van der Waals surface area contributed by atoms with Gasteiger partial charge in [0.15, 0.2) is 0 Å². The number of hydrogen-bond donors (Lipinski definition) is 1. The lowest BCUT2D eigenvalue weighted by atomic mass is 9.71. The zero-order chi connectivity index (χ0) is 29.2. The third kappa shape index (κ3) is 5.91. The number of rotatable bonds is 6. The fourth-order valence-electron chi connectivity index (χ4n) is 5.32. The molecule has 212 valence electrons. The standard InChI is InChI=1S/C32H30F3N3O2S/c1-21(23-9-5-3-6-10-23)37-30(40)31(25-11-7-4-8-12-25)17-19-38(20-18-31)29(39)27-22(2)36-28(41-27)24-13-15-26(16-14-24)32(33,34)35/h3-16,21H,17-20H2,1-2H3,(H,37,40)/t21-/m0/s1. The minimum absolute atomic E-state index is 0.0642. The second kappa shape index (κ2) is 11.5. The molecule has 5 nitrogen and oxygen atoms in total. The predicted molar refractivity (Wildman–Crippen MR) is 154 cm³/mol. The molecule has 0 radical (unpaired) electrons. The number of carbonyl (C=O) groups excluding carboxylic acids is 2. The number of carbonyl (C=O) groups is 2. The molecule has 1 atom stereocenters. The van der Waals surface area contributed by atoms with Gasteiger partial charge in [-0.25, -0.2) is 4.98 Å². The summed E-state index contributed by atoms with van der Waals surface area (Å²) in [6.45, 7) is 4.46. The molecule has 3 aromatic carbocycles. The number of likely N-dealkylation sites (tertiary alicyclic amines) is 1. The SMILES string of the molecule is Cc1nc(-c2ccc(C(F)(F)F)cc2)sc1C(=O)N1CCC(C(=O)N[C@@H](C)c2ccccc2)(c2ccccc2)CC1. The smallest absolute Gasteiger partial charge is 0.349 e. The van der Waals surface area contributed by atoms with Crippen molar-refractivity contribution in [3.8, 4) is 10.6 Å². The molecule has 1 aliphatic rings. The number of alkyl halides is 3. The van der Waals surface area contributed by atoms with Gasteiger partial charge >= 0.3 is 6.18 Å². The van der Waals surface area contributed by atoms with Gasteiger partial charge in [0.2, 0.25) is 5.91 Å². The predicted octanol–water partition coefficient (Wildman–Crippen LogP) is 7.19. The third-order valence-electron chi connectivity index (χ3n) is 7.76. The molecular formula is C32H30F3N3O2S. The Morgan fingerprint density at radius 1 is 0.927 bits per heavy atom. The zero-order valence-corrected chi connectivity index (χ0v) is 23.6. The van der Waals surface area contributed by atoms with Gasteiger partial charge in [0.1, 0.15) is 9.88 Å². The molecule has 5 rings (SSSR count). The van der Waals surface area contributed by atoms with Crippen LogP contribution in [0.15, 0.2) is 84.9 Å². The minimum Gasteiger partial charge on any atom is -0.349 e. The maximum Gasteiger partial charge on any atom is 0.416 e. The zero-order valence-electron chi connectivity index (χ0n) is 22.7. The normalized spacial score (nSPS) is 15.8. The maximum absolute atomic E-state index is 13.9. The van der Waals surface area contributed by atoms with Crippen molar-refractivity contribution in [2.45, 2.75) is 44.3 Å². The van der Waals surface area contributed by atoms with E-state index in [0.29, 0.717) is 47.1 Å². The second-order valence-electron chi connectivity index (χ2n) is 10.4. The Kier molecular flexibility index (Phi) is 8.00. The number of benzene rings is 3. The quantitative estimate of drug-likeness (QED) is 0.264. The molecule has 0 unspecified atom stereocenters. The maximum atomic E-state index is 13.9. The molecule has 9 heteroatoms. The van der Waals surface area contributed by atoms with Crippen LogP contribution in [0.3, 0.4) is 0 Å². The Bertz CT molecular complexity index is 1510. The van der Waals surface area contributed by atoms with Crippen molar-refractivity contribution in [2.24, 2.45) is 0 Å². The molecule has 1 saturated heterocycles. The molecule has 1 aromatic heterocycles. The molecule has 1 aliphatic heterocycles. The van der Waals surface area contributed by atoms with Gasteiger partial charge in [-0.05, 0) is 49.9 Å². The number of aryl methyl sites for hydroxylation is 1. The van der Waals surface area contributed by atoms with Crippen LogP contribution in [0, 0.1) is 6.92 Å². The molecule has 0 spiro atoms. The van der Waals surface area contributed by atoms with Gasteiger partial charge in [0.05, 0.1) is 22.7 Å². The van der Waals surface area contributed by atoms with Crippen LogP contribution in [0.4, 0.5) is 13.2 Å². The molecule has 0 saturated carbocycles. The Morgan fingerprint density at radius 2 is 1.51 bits per heavy atom. The monoisotopic (exact) mass is 577 g/mol. The van der Waals surface area contributed by atoms with Crippen LogP contribution in [0.1, 0.15) is 57.9 Å². The van der Waals surface area contributed by atoms with E-state index >= 15 is 0 Å². The molecule has 4 aromatic rings. The molecule has 0 bridgehead atoms. The van der Waals surface area contributed by atoms with Crippen molar-refractivity contribution in [2.75, 3.05) is 13.1 Å². The van der Waals surface area contributed by atoms with Gasteiger partial charge in [-0.15, -0.1) is 11.3 Å². The van der Waals surface area contributed by atoms with Gasteiger partial charge in [-0.2, -0.15) is 13.2 Å². The van der Waals surface area contributed by atoms with Crippen molar-refractivity contribution in [3.05, 3.63) is 112 Å². The van der Waals surface area contributed by atoms with Crippen LogP contribution in [0.5, 0.6) is 0 Å². The Hall–Kier alpha value is -3.98. The van der Waals surface area contributed by atoms with E-state index in [9.17, 15) is 22.8 Å². The first-order valence-electron chi connectivity index (χ1n) is 13.4. The van der Waals surface area contributed by atoms with Crippen LogP contribution in [-0.4, -0.2) is 34.8 Å². The van der Waals surface area contributed by atoms with Crippen molar-refractivity contribution in [3.63, 3.8) is 0 Å². The average Bonchev–Trinajstić information content (AvgIpc) is 3.38. The number of piperidine rings is 1. The molecule has 2 amide bonds. The van der Waals surface area contributed by atoms with Crippen molar-refractivity contribution in [1.82, 2.24) is 15.2 Å². The van der Waals surface area contributed by atoms with E-state index in [1.165, 1.54) is 23.5 Å². The van der Waals surface area contributed by atoms with E-state index in [4.69, 9.17) is 0 Å². The lowest BCUT2D eigenvalue weighted by molar-refractivity contribution is -0.137. The summed E-state index contributed by atoms with van der Waals surface area (Å²) in [5.41, 5.74) is 1.48. The molecular weight excluding hydrogens is 547 g/mol. The largest absolute Gasteiger partial charge is 0.416 e. The molecule has 1 N–H and O–H groups in total. The van der Waals surface area contributed by atoms with Crippen molar-refractivity contribution < 1.29 is 22.8 Å². The van der Waals surface area contributed by atoms with E-state index in [1.807, 2.05) is 67.6 Å². The van der Waals surface area contributed by atoms with Crippen LogP contribution in [0.25, 0.3) is 10.6 Å². The molecule has 0 aliphatic carbocycles. The summed E-state index contributed by atoms with van der Waals surface area (Å²) in [4.78, 5) is 34.1. The summed E-state index contributed by atoms with van der Waals surface area (Å²) in [6.07, 6.45) is -3.50. The number of hydrogen-bond acceptors (Lipinski definition) is 4. The van der Waals surface area contributed by atoms with Crippen LogP contribution >= 0.6 is 11.3 Å². The number of nitrogens with one attached hydrogen (secondary N) is 1. The third-order valence-corrected chi connectivity index (χ3v) is 8.96. The van der Waals surface area contributed by atoms with Gasteiger partial charge in [-0.1, -0.05) is 72.8 Å². The van der Waals surface area contributed by atoms with E-state index < -0.39 is 17.2 Å². The fraction of sp³-hybridized carbons (Fsp3) is 0.281. The first kappa shape index (κ1) is 28.5. The highest BCUT2D eigenvalue weighted by atomic mass is 32.1. The highest BCUT2D eigenvalue weighted by Crippen LogP contribution is 2.38. The first-order valence-corrected chi connectivity index (χ1v) is 14.3. The Labute approximate surface area is 241 Å². The summed E-state index contributed by atoms with van der Waals surface area (Å²) in [7, 11) is 0. The van der Waals surface area contributed by atoms with E-state index in [2.05, 4.69) is 10.3 Å². The average molecular weight is 578 g/mol. The second-order valence-corrected chi connectivity index (χ2v) is 11.4. The summed E-state index contributed by atoms with van der Waals surface area (Å²) in [5.74, 6) is -0.247. The lowest BCUT2D eigenvalue weighted by Gasteiger charge is -2.41. The van der Waals surface area contributed by atoms with E-state index in [0.717, 1.165) is 23.3 Å². The summed E-state index contributed by atoms with van der Waals surface area (Å²) in [5, 5.41) is 3.69. The van der Waals surface area contributed by atoms with Crippen molar-refractivity contribution >= 4 is 23.2 Å². The molecule has 1 fully saturated rings.